The second kappa shape index (κ2) is 9.88. The van der Waals surface area contributed by atoms with Crippen molar-refractivity contribution in [2.45, 2.75) is 26.4 Å². The predicted molar refractivity (Wildman–Crippen MR) is 114 cm³/mol. The first kappa shape index (κ1) is 22.7. The summed E-state index contributed by atoms with van der Waals surface area (Å²) in [6, 6.07) is 13.1. The number of methoxy groups -OCH3 is 1. The lowest BCUT2D eigenvalue weighted by molar-refractivity contribution is -0.139. The number of benzene rings is 2. The molecule has 8 heteroatoms. The number of para-hydroxylation sites is 1. The van der Waals surface area contributed by atoms with Gasteiger partial charge < -0.3 is 24.7 Å². The molecule has 0 bridgehead atoms. The number of carbonyl (C=O) groups excluding carboxylic acids is 1. The number of nitrogens with zero attached hydrogens (tertiary/aromatic N) is 1. The van der Waals surface area contributed by atoms with Crippen molar-refractivity contribution in [2.24, 2.45) is 5.73 Å². The van der Waals surface area contributed by atoms with Crippen LogP contribution in [0.15, 0.2) is 65.3 Å². The van der Waals surface area contributed by atoms with Crippen molar-refractivity contribution in [2.75, 3.05) is 13.7 Å². The first-order valence-corrected chi connectivity index (χ1v) is 9.90. The molecule has 1 unspecified atom stereocenters. The number of hydrogen-bond acceptors (Lipinski definition) is 7. The van der Waals surface area contributed by atoms with Crippen LogP contribution in [0.2, 0.25) is 0 Å². The summed E-state index contributed by atoms with van der Waals surface area (Å²) >= 11 is 0. The molecular weight excluding hydrogens is 415 g/mol. The number of carbonyl (C=O) groups is 1. The fourth-order valence-electron chi connectivity index (χ4n) is 3.52. The lowest BCUT2D eigenvalue weighted by Crippen LogP contribution is -2.26. The highest BCUT2D eigenvalue weighted by molar-refractivity contribution is 5.93. The van der Waals surface area contributed by atoms with Crippen LogP contribution in [0.25, 0.3) is 0 Å². The van der Waals surface area contributed by atoms with Gasteiger partial charge in [-0.15, -0.1) is 0 Å². The van der Waals surface area contributed by atoms with Crippen LogP contribution in [0.1, 0.15) is 30.9 Å². The molecule has 1 heterocycles. The monoisotopic (exact) mass is 438 g/mol. The molecule has 0 amide bonds. The number of esters is 1. The van der Waals surface area contributed by atoms with E-state index in [2.05, 4.69) is 0 Å². The molecule has 166 valence electrons. The van der Waals surface area contributed by atoms with Crippen molar-refractivity contribution in [1.82, 2.24) is 0 Å². The summed E-state index contributed by atoms with van der Waals surface area (Å²) in [5.41, 5.74) is 7.23. The summed E-state index contributed by atoms with van der Waals surface area (Å²) in [7, 11) is 1.47. The minimum atomic E-state index is -0.898. The molecule has 0 saturated carbocycles. The zero-order chi connectivity index (χ0) is 23.3. The standard InChI is InChI=1S/C24H23FN2O5/c1-4-30-24(28)20-14(2)32-23(27)18(12-26)21(20)17-9-6-10-19(29-3)22(17)31-13-15-7-5-8-16(25)11-15/h5-11,21H,4,13,27H2,1-3H3. The van der Waals surface area contributed by atoms with Crippen molar-refractivity contribution in [3.8, 4) is 17.6 Å². The molecule has 0 radical (unpaired) electrons. The summed E-state index contributed by atoms with van der Waals surface area (Å²) in [6.45, 7) is 3.44. The molecule has 3 rings (SSSR count). The summed E-state index contributed by atoms with van der Waals surface area (Å²) in [5, 5.41) is 9.81. The minimum absolute atomic E-state index is 0.0346. The summed E-state index contributed by atoms with van der Waals surface area (Å²) in [5.74, 6) is -1.13. The second-order valence-corrected chi connectivity index (χ2v) is 6.91. The van der Waals surface area contributed by atoms with Crippen LogP contribution in [-0.4, -0.2) is 19.7 Å². The maximum Gasteiger partial charge on any atom is 0.338 e. The molecule has 7 nitrogen and oxygen atoms in total. The molecule has 0 spiro atoms. The summed E-state index contributed by atoms with van der Waals surface area (Å²) < 4.78 is 35.8. The van der Waals surface area contributed by atoms with Crippen LogP contribution in [-0.2, 0) is 20.9 Å². The number of ether oxygens (including phenoxy) is 4. The van der Waals surface area contributed by atoms with E-state index >= 15 is 0 Å². The first-order valence-electron chi connectivity index (χ1n) is 9.90. The van der Waals surface area contributed by atoms with E-state index < -0.39 is 11.9 Å². The van der Waals surface area contributed by atoms with Crippen molar-refractivity contribution in [3.63, 3.8) is 0 Å². The Morgan fingerprint density at radius 1 is 1.28 bits per heavy atom. The molecule has 1 aliphatic heterocycles. The van der Waals surface area contributed by atoms with Crippen LogP contribution in [0.4, 0.5) is 4.39 Å². The predicted octanol–water partition coefficient (Wildman–Crippen LogP) is 4.06. The van der Waals surface area contributed by atoms with Gasteiger partial charge in [-0.05, 0) is 37.6 Å². The van der Waals surface area contributed by atoms with Gasteiger partial charge in [0.05, 0.1) is 25.2 Å². The van der Waals surface area contributed by atoms with E-state index in [0.29, 0.717) is 22.6 Å². The van der Waals surface area contributed by atoms with Gasteiger partial charge in [-0.1, -0.05) is 24.3 Å². The number of rotatable bonds is 7. The van der Waals surface area contributed by atoms with Gasteiger partial charge >= 0.3 is 5.97 Å². The van der Waals surface area contributed by atoms with Gasteiger partial charge in [-0.25, -0.2) is 9.18 Å². The van der Waals surface area contributed by atoms with Gasteiger partial charge in [0.25, 0.3) is 0 Å². The number of halogens is 1. The van der Waals surface area contributed by atoms with Crippen molar-refractivity contribution < 1.29 is 28.1 Å². The molecule has 2 aromatic carbocycles. The Hall–Kier alpha value is -3.99. The van der Waals surface area contributed by atoms with Gasteiger partial charge in [0.2, 0.25) is 5.88 Å². The average molecular weight is 438 g/mol. The number of allylic oxidation sites excluding steroid dienone is 2. The Labute approximate surface area is 185 Å². The van der Waals surface area contributed by atoms with Crippen molar-refractivity contribution in [3.05, 3.63) is 82.2 Å². The molecular formula is C24H23FN2O5. The number of hydrogen-bond donors (Lipinski definition) is 1. The highest BCUT2D eigenvalue weighted by Gasteiger charge is 2.38. The lowest BCUT2D eigenvalue weighted by Gasteiger charge is -2.28. The van der Waals surface area contributed by atoms with Crippen LogP contribution < -0.4 is 15.2 Å². The summed E-state index contributed by atoms with van der Waals surface area (Å²) in [6.07, 6.45) is 0. The molecule has 32 heavy (non-hydrogen) atoms. The number of nitrogens with two attached hydrogens (primary N) is 1. The molecule has 1 atom stereocenters. The highest BCUT2D eigenvalue weighted by Crippen LogP contribution is 2.46. The third kappa shape index (κ3) is 4.52. The van der Waals surface area contributed by atoms with E-state index in [0.717, 1.165) is 0 Å². The smallest absolute Gasteiger partial charge is 0.338 e. The van der Waals surface area contributed by atoms with Crippen molar-refractivity contribution >= 4 is 5.97 Å². The van der Waals surface area contributed by atoms with E-state index in [1.807, 2.05) is 6.07 Å². The van der Waals surface area contributed by atoms with Crippen LogP contribution >= 0.6 is 0 Å². The number of nitriles is 1. The van der Waals surface area contributed by atoms with Gasteiger partial charge in [0.1, 0.15) is 29.8 Å². The van der Waals surface area contributed by atoms with Crippen LogP contribution in [0.3, 0.4) is 0 Å². The van der Waals surface area contributed by atoms with E-state index in [9.17, 15) is 14.4 Å². The lowest BCUT2D eigenvalue weighted by atomic mass is 9.82. The van der Waals surface area contributed by atoms with Gasteiger partial charge in [0, 0.05) is 5.56 Å². The molecule has 0 fully saturated rings. The third-order valence-electron chi connectivity index (χ3n) is 4.91. The Bertz CT molecular complexity index is 1130. The topological polar surface area (TPSA) is 104 Å². The fourth-order valence-corrected chi connectivity index (χ4v) is 3.52. The van der Waals surface area contributed by atoms with Crippen LogP contribution in [0.5, 0.6) is 11.5 Å². The molecule has 0 aromatic heterocycles. The quantitative estimate of drug-likeness (QED) is 0.650. The molecule has 2 aromatic rings. The van der Waals surface area contributed by atoms with Crippen LogP contribution in [0, 0.1) is 17.1 Å². The SMILES string of the molecule is CCOC(=O)C1=C(C)OC(N)=C(C#N)C1c1cccc(OC)c1OCc1cccc(F)c1. The summed E-state index contributed by atoms with van der Waals surface area (Å²) in [4.78, 5) is 12.8. The Balaban J connectivity index is 2.13. The molecule has 1 aliphatic rings. The largest absolute Gasteiger partial charge is 0.493 e. The minimum Gasteiger partial charge on any atom is -0.493 e. The van der Waals surface area contributed by atoms with E-state index in [1.165, 1.54) is 19.2 Å². The highest BCUT2D eigenvalue weighted by atomic mass is 19.1. The Kier molecular flexibility index (Phi) is 7.00. The Morgan fingerprint density at radius 2 is 2.03 bits per heavy atom. The third-order valence-corrected chi connectivity index (χ3v) is 4.91. The van der Waals surface area contributed by atoms with Gasteiger partial charge in [0.15, 0.2) is 11.5 Å². The van der Waals surface area contributed by atoms with E-state index in [4.69, 9.17) is 24.7 Å². The first-order chi connectivity index (χ1) is 15.4. The molecule has 2 N–H and O–H groups in total. The van der Waals surface area contributed by atoms with Gasteiger partial charge in [-0.3, -0.25) is 0 Å². The Morgan fingerprint density at radius 3 is 2.69 bits per heavy atom. The molecule has 0 saturated heterocycles. The maximum absolute atomic E-state index is 13.6. The normalized spacial score (nSPS) is 15.7. The maximum atomic E-state index is 13.6. The zero-order valence-electron chi connectivity index (χ0n) is 18.0. The van der Waals surface area contributed by atoms with Crippen molar-refractivity contribution in [1.29, 1.82) is 5.26 Å². The fraction of sp³-hybridized carbons (Fsp3) is 0.250. The molecule has 0 aliphatic carbocycles. The second-order valence-electron chi connectivity index (χ2n) is 6.91. The van der Waals surface area contributed by atoms with E-state index in [-0.39, 0.29) is 41.8 Å². The average Bonchev–Trinajstić information content (AvgIpc) is 2.77. The zero-order valence-corrected chi connectivity index (χ0v) is 18.0. The van der Waals surface area contributed by atoms with E-state index in [1.54, 1.807) is 44.2 Å². The van der Waals surface area contributed by atoms with Gasteiger partial charge in [-0.2, -0.15) is 5.26 Å².